The number of rotatable bonds is 9. The summed E-state index contributed by atoms with van der Waals surface area (Å²) in [5.41, 5.74) is 0.501. The molecule has 0 unspecified atom stereocenters. The molecule has 0 saturated carbocycles. The van der Waals surface area contributed by atoms with Crippen LogP contribution in [0.25, 0.3) is 0 Å². The second-order valence-electron chi connectivity index (χ2n) is 4.90. The fourth-order valence-corrected chi connectivity index (χ4v) is 2.96. The van der Waals surface area contributed by atoms with E-state index in [4.69, 9.17) is 0 Å². The summed E-state index contributed by atoms with van der Waals surface area (Å²) in [6.45, 7) is 9.01. The summed E-state index contributed by atoms with van der Waals surface area (Å²) in [4.78, 5) is 14.3. The largest absolute Gasteiger partial charge is 0.339 e. The zero-order chi connectivity index (χ0) is 16.6. The molecule has 0 fully saturated rings. The number of nitrogens with one attached hydrogen (secondary N) is 1. The topological polar surface area (TPSA) is 66.5 Å². The Kier molecular flexibility index (Phi) is 7.27. The van der Waals surface area contributed by atoms with Gasteiger partial charge in [-0.1, -0.05) is 19.4 Å². The molecule has 0 aromatic heterocycles. The summed E-state index contributed by atoms with van der Waals surface area (Å²) in [6, 6.07) is 6.01. The highest BCUT2D eigenvalue weighted by Gasteiger charge is 2.16. The minimum absolute atomic E-state index is 0.0704. The molecule has 0 atom stereocenters. The molecule has 1 aromatic carbocycles. The van der Waals surface area contributed by atoms with Crippen molar-refractivity contribution in [3.05, 3.63) is 42.5 Å². The van der Waals surface area contributed by atoms with Crippen LogP contribution in [0.5, 0.6) is 0 Å². The van der Waals surface area contributed by atoms with E-state index in [1.54, 1.807) is 17.0 Å². The molecule has 1 aromatic rings. The summed E-state index contributed by atoms with van der Waals surface area (Å²) in [7, 11) is -3.55. The van der Waals surface area contributed by atoms with Crippen molar-refractivity contribution in [1.82, 2.24) is 9.62 Å². The first-order valence-electron chi connectivity index (χ1n) is 7.46. The van der Waals surface area contributed by atoms with Gasteiger partial charge in [0.25, 0.3) is 5.91 Å². The van der Waals surface area contributed by atoms with Crippen molar-refractivity contribution in [2.75, 3.05) is 19.6 Å². The smallest absolute Gasteiger partial charge is 0.253 e. The van der Waals surface area contributed by atoms with Crippen molar-refractivity contribution in [2.24, 2.45) is 0 Å². The van der Waals surface area contributed by atoms with Crippen LogP contribution in [0.4, 0.5) is 0 Å². The molecule has 0 radical (unpaired) electrons. The normalized spacial score (nSPS) is 11.2. The van der Waals surface area contributed by atoms with Gasteiger partial charge < -0.3 is 4.90 Å². The summed E-state index contributed by atoms with van der Waals surface area (Å²) in [5.74, 6) is -0.0704. The Morgan fingerprint density at radius 3 is 2.41 bits per heavy atom. The molecule has 0 aliphatic rings. The number of sulfonamides is 1. The Labute approximate surface area is 133 Å². The Balaban J connectivity index is 2.87. The van der Waals surface area contributed by atoms with Gasteiger partial charge in [-0.25, -0.2) is 13.1 Å². The van der Waals surface area contributed by atoms with Gasteiger partial charge in [-0.15, -0.1) is 6.58 Å². The van der Waals surface area contributed by atoms with Crippen molar-refractivity contribution in [3.8, 4) is 0 Å². The van der Waals surface area contributed by atoms with E-state index < -0.39 is 10.0 Å². The summed E-state index contributed by atoms with van der Waals surface area (Å²) >= 11 is 0. The number of carbonyl (C=O) groups excluding carboxylic acids is 1. The van der Waals surface area contributed by atoms with E-state index >= 15 is 0 Å². The molecule has 1 amide bonds. The number of hydrogen-bond donors (Lipinski definition) is 1. The second-order valence-corrected chi connectivity index (χ2v) is 6.67. The first-order valence-corrected chi connectivity index (χ1v) is 8.94. The van der Waals surface area contributed by atoms with Gasteiger partial charge in [0.2, 0.25) is 10.0 Å². The molecule has 0 spiro atoms. The van der Waals surface area contributed by atoms with Crippen LogP contribution < -0.4 is 4.72 Å². The second kappa shape index (κ2) is 8.70. The Bertz CT molecular complexity index is 594. The van der Waals surface area contributed by atoms with Crippen molar-refractivity contribution >= 4 is 15.9 Å². The maximum absolute atomic E-state index is 12.4. The standard InChI is InChI=1S/C16H24N2O3S/c1-4-7-13-18(6-3)16(19)14-8-10-15(11-9-14)22(20,21)17-12-5-2/h5,8-11,17H,2,4,6-7,12-13H2,1,3H3. The van der Waals surface area contributed by atoms with Crippen LogP contribution in [0.15, 0.2) is 41.8 Å². The lowest BCUT2D eigenvalue weighted by Gasteiger charge is -2.20. The van der Waals surface area contributed by atoms with Gasteiger partial charge in [0.1, 0.15) is 0 Å². The van der Waals surface area contributed by atoms with Gasteiger partial charge in [-0.2, -0.15) is 0 Å². The van der Waals surface area contributed by atoms with Crippen molar-refractivity contribution < 1.29 is 13.2 Å². The average Bonchev–Trinajstić information content (AvgIpc) is 2.53. The molecule has 0 saturated heterocycles. The zero-order valence-electron chi connectivity index (χ0n) is 13.2. The molecular formula is C16H24N2O3S. The van der Waals surface area contributed by atoms with Gasteiger partial charge in [-0.05, 0) is 37.6 Å². The third-order valence-corrected chi connectivity index (χ3v) is 4.72. The minimum atomic E-state index is -3.55. The number of unbranched alkanes of at least 4 members (excludes halogenated alkanes) is 1. The average molecular weight is 324 g/mol. The Hall–Kier alpha value is -1.66. The van der Waals surface area contributed by atoms with E-state index in [1.807, 2.05) is 6.92 Å². The van der Waals surface area contributed by atoms with Crippen LogP contribution >= 0.6 is 0 Å². The highest BCUT2D eigenvalue weighted by atomic mass is 32.2. The van der Waals surface area contributed by atoms with Crippen molar-refractivity contribution in [3.63, 3.8) is 0 Å². The number of carbonyl (C=O) groups is 1. The quantitative estimate of drug-likeness (QED) is 0.709. The van der Waals surface area contributed by atoms with E-state index in [0.29, 0.717) is 18.7 Å². The highest BCUT2D eigenvalue weighted by Crippen LogP contribution is 2.12. The number of benzene rings is 1. The number of nitrogens with zero attached hydrogens (tertiary/aromatic N) is 1. The fourth-order valence-electron chi connectivity index (χ4n) is 1.96. The molecular weight excluding hydrogens is 300 g/mol. The molecule has 1 N–H and O–H groups in total. The van der Waals surface area contributed by atoms with Crippen molar-refractivity contribution in [1.29, 1.82) is 0 Å². The fraction of sp³-hybridized carbons (Fsp3) is 0.438. The van der Waals surface area contributed by atoms with E-state index in [1.165, 1.54) is 18.2 Å². The van der Waals surface area contributed by atoms with Crippen molar-refractivity contribution in [2.45, 2.75) is 31.6 Å². The maximum Gasteiger partial charge on any atom is 0.253 e. The molecule has 0 aliphatic heterocycles. The molecule has 0 aliphatic carbocycles. The van der Waals surface area contributed by atoms with Gasteiger partial charge in [0.15, 0.2) is 0 Å². The minimum Gasteiger partial charge on any atom is -0.339 e. The van der Waals surface area contributed by atoms with E-state index in [-0.39, 0.29) is 17.3 Å². The molecule has 122 valence electrons. The SMILES string of the molecule is C=CCNS(=O)(=O)c1ccc(C(=O)N(CC)CCCC)cc1. The Morgan fingerprint density at radius 2 is 1.91 bits per heavy atom. The zero-order valence-corrected chi connectivity index (χ0v) is 14.0. The lowest BCUT2D eigenvalue weighted by molar-refractivity contribution is 0.0762. The monoisotopic (exact) mass is 324 g/mol. The van der Waals surface area contributed by atoms with Gasteiger partial charge in [0.05, 0.1) is 4.90 Å². The van der Waals surface area contributed by atoms with Crippen LogP contribution in [-0.4, -0.2) is 38.9 Å². The first kappa shape index (κ1) is 18.4. The third kappa shape index (κ3) is 4.96. The molecule has 0 bridgehead atoms. The molecule has 5 nitrogen and oxygen atoms in total. The number of hydrogen-bond acceptors (Lipinski definition) is 3. The van der Waals surface area contributed by atoms with Crippen LogP contribution in [-0.2, 0) is 10.0 Å². The van der Waals surface area contributed by atoms with E-state index in [0.717, 1.165) is 12.8 Å². The molecule has 1 rings (SSSR count). The third-order valence-electron chi connectivity index (χ3n) is 3.28. The van der Waals surface area contributed by atoms with Crippen LogP contribution in [0, 0.1) is 0 Å². The first-order chi connectivity index (χ1) is 10.5. The summed E-state index contributed by atoms with van der Waals surface area (Å²) in [5, 5.41) is 0. The van der Waals surface area contributed by atoms with Crippen LogP contribution in [0.2, 0.25) is 0 Å². The van der Waals surface area contributed by atoms with Crippen LogP contribution in [0.1, 0.15) is 37.0 Å². The molecule has 0 heterocycles. The predicted molar refractivity (Wildman–Crippen MR) is 88.3 cm³/mol. The highest BCUT2D eigenvalue weighted by molar-refractivity contribution is 7.89. The molecule has 22 heavy (non-hydrogen) atoms. The summed E-state index contributed by atoms with van der Waals surface area (Å²) < 4.78 is 26.3. The lowest BCUT2D eigenvalue weighted by atomic mass is 10.2. The van der Waals surface area contributed by atoms with Crippen LogP contribution in [0.3, 0.4) is 0 Å². The lowest BCUT2D eigenvalue weighted by Crippen LogP contribution is -2.31. The molecule has 6 heteroatoms. The van der Waals surface area contributed by atoms with Gasteiger partial charge in [-0.3, -0.25) is 4.79 Å². The predicted octanol–water partition coefficient (Wildman–Crippen LogP) is 2.41. The van der Waals surface area contributed by atoms with Gasteiger partial charge >= 0.3 is 0 Å². The van der Waals surface area contributed by atoms with Gasteiger partial charge in [0, 0.05) is 25.2 Å². The van der Waals surface area contributed by atoms with E-state index in [2.05, 4.69) is 18.2 Å². The Morgan fingerprint density at radius 1 is 1.27 bits per heavy atom. The summed E-state index contributed by atoms with van der Waals surface area (Å²) in [6.07, 6.45) is 3.45. The van der Waals surface area contributed by atoms with E-state index in [9.17, 15) is 13.2 Å². The maximum atomic E-state index is 12.4. The number of amides is 1.